The van der Waals surface area contributed by atoms with Crippen LogP contribution in [-0.2, 0) is 14.8 Å². The molecule has 0 atom stereocenters. The van der Waals surface area contributed by atoms with Crippen molar-refractivity contribution in [2.75, 3.05) is 0 Å². The second-order valence-electron chi connectivity index (χ2n) is 2.75. The maximum atomic E-state index is 10.7. The molecular weight excluding hydrogens is 246 g/mol. The molecule has 0 radical (unpaired) electrons. The van der Waals surface area contributed by atoms with E-state index in [1.54, 1.807) is 0 Å². The van der Waals surface area contributed by atoms with Crippen LogP contribution in [0.15, 0.2) is 18.2 Å². The second-order valence-corrected chi connectivity index (χ2v) is 5.53. The highest BCUT2D eigenvalue weighted by molar-refractivity contribution is 8.13. The fourth-order valence-corrected chi connectivity index (χ4v) is 1.94. The summed E-state index contributed by atoms with van der Waals surface area (Å²) in [5, 5.41) is 19.6. The van der Waals surface area contributed by atoms with Gasteiger partial charge >= 0.3 is 0 Å². The lowest BCUT2D eigenvalue weighted by Crippen LogP contribution is -1.97. The Labute approximate surface area is 89.7 Å². The van der Waals surface area contributed by atoms with Crippen LogP contribution >= 0.6 is 10.7 Å². The molecule has 0 aromatic heterocycles. The van der Waals surface area contributed by atoms with Crippen LogP contribution < -0.4 is 0 Å². The molecule has 0 saturated heterocycles. The smallest absolute Gasteiger partial charge is 0.270 e. The van der Waals surface area contributed by atoms with Gasteiger partial charge in [-0.3, -0.25) is 10.1 Å². The van der Waals surface area contributed by atoms with Crippen LogP contribution in [0.25, 0.3) is 0 Å². The van der Waals surface area contributed by atoms with Crippen molar-refractivity contribution < 1.29 is 18.4 Å². The van der Waals surface area contributed by atoms with Gasteiger partial charge in [-0.05, 0) is 6.07 Å². The van der Waals surface area contributed by atoms with Gasteiger partial charge in [0.05, 0.1) is 10.7 Å². The third kappa shape index (κ3) is 3.37. The van der Waals surface area contributed by atoms with Crippen LogP contribution in [-0.4, -0.2) is 18.4 Å². The number of hydrogen-bond acceptors (Lipinski definition) is 5. The fourth-order valence-electron chi connectivity index (χ4n) is 0.987. The second kappa shape index (κ2) is 4.03. The quantitative estimate of drug-likeness (QED) is 0.497. The van der Waals surface area contributed by atoms with E-state index in [2.05, 4.69) is 0 Å². The van der Waals surface area contributed by atoms with Crippen molar-refractivity contribution in [3.63, 3.8) is 0 Å². The van der Waals surface area contributed by atoms with Crippen LogP contribution in [0.4, 0.5) is 5.69 Å². The maximum Gasteiger partial charge on any atom is 0.270 e. The molecule has 15 heavy (non-hydrogen) atoms. The first-order valence-corrected chi connectivity index (χ1v) is 6.16. The molecule has 0 bridgehead atoms. The molecule has 1 rings (SSSR count). The van der Waals surface area contributed by atoms with E-state index in [0.29, 0.717) is 0 Å². The third-order valence-corrected chi connectivity index (χ3v) is 2.58. The Kier molecular flexibility index (Phi) is 3.15. The summed E-state index contributed by atoms with van der Waals surface area (Å²) in [5.41, 5.74) is -0.401. The van der Waals surface area contributed by atoms with Crippen molar-refractivity contribution in [3.05, 3.63) is 33.9 Å². The molecule has 0 aliphatic heterocycles. The van der Waals surface area contributed by atoms with Gasteiger partial charge in [-0.2, -0.15) is 0 Å². The summed E-state index contributed by atoms with van der Waals surface area (Å²) in [4.78, 5) is 9.68. The lowest BCUT2D eigenvalue weighted by atomic mass is 10.2. The predicted molar refractivity (Wildman–Crippen MR) is 53.2 cm³/mol. The largest absolute Gasteiger partial charge is 0.508 e. The van der Waals surface area contributed by atoms with Crippen LogP contribution in [0.3, 0.4) is 0 Å². The van der Waals surface area contributed by atoms with E-state index < -0.39 is 19.7 Å². The van der Waals surface area contributed by atoms with Gasteiger partial charge in [0.25, 0.3) is 5.69 Å². The van der Waals surface area contributed by atoms with E-state index in [0.717, 1.165) is 18.2 Å². The Morgan fingerprint density at radius 1 is 1.47 bits per heavy atom. The molecule has 0 saturated carbocycles. The van der Waals surface area contributed by atoms with Crippen molar-refractivity contribution in [2.24, 2.45) is 0 Å². The molecule has 0 amide bonds. The van der Waals surface area contributed by atoms with E-state index in [-0.39, 0.29) is 17.0 Å². The van der Waals surface area contributed by atoms with Crippen molar-refractivity contribution in [3.8, 4) is 5.75 Å². The number of nitro benzene ring substituents is 1. The number of benzene rings is 1. The molecule has 1 aromatic carbocycles. The van der Waals surface area contributed by atoms with Gasteiger partial charge in [0, 0.05) is 28.4 Å². The SMILES string of the molecule is O=[N+]([O-])c1ccc(O)c(CS(=O)(=O)Cl)c1. The average molecular weight is 252 g/mol. The number of rotatable bonds is 3. The first kappa shape index (κ1) is 11.7. The summed E-state index contributed by atoms with van der Waals surface area (Å²) in [7, 11) is 1.11. The monoisotopic (exact) mass is 251 g/mol. The molecule has 82 valence electrons. The zero-order valence-electron chi connectivity index (χ0n) is 7.25. The van der Waals surface area contributed by atoms with E-state index in [1.807, 2.05) is 0 Å². The van der Waals surface area contributed by atoms with E-state index in [9.17, 15) is 23.6 Å². The third-order valence-electron chi connectivity index (χ3n) is 1.60. The van der Waals surface area contributed by atoms with Crippen LogP contribution in [0.1, 0.15) is 5.56 Å². The number of phenolic OH excluding ortho intramolecular Hbond substituents is 1. The van der Waals surface area contributed by atoms with Gasteiger partial charge in [-0.25, -0.2) is 8.42 Å². The first-order chi connectivity index (χ1) is 6.79. The highest BCUT2D eigenvalue weighted by Crippen LogP contribution is 2.25. The Morgan fingerprint density at radius 2 is 2.07 bits per heavy atom. The molecule has 8 heteroatoms. The molecule has 6 nitrogen and oxygen atoms in total. The number of nitrogens with zero attached hydrogens (tertiary/aromatic N) is 1. The van der Waals surface area contributed by atoms with Crippen molar-refractivity contribution >= 4 is 25.4 Å². The first-order valence-electron chi connectivity index (χ1n) is 3.68. The zero-order valence-corrected chi connectivity index (χ0v) is 8.83. The zero-order chi connectivity index (χ0) is 11.6. The van der Waals surface area contributed by atoms with Gasteiger partial charge < -0.3 is 5.11 Å². The molecule has 0 aliphatic rings. The summed E-state index contributed by atoms with van der Waals surface area (Å²) in [5.74, 6) is -0.993. The molecule has 0 spiro atoms. The standard InChI is InChI=1S/C7H6ClNO5S/c8-15(13,14)4-5-3-6(9(11)12)1-2-7(5)10/h1-3,10H,4H2. The number of hydrogen-bond donors (Lipinski definition) is 1. The van der Waals surface area contributed by atoms with E-state index in [4.69, 9.17) is 10.7 Å². The Balaban J connectivity index is 3.17. The van der Waals surface area contributed by atoms with E-state index >= 15 is 0 Å². The Bertz CT molecular complexity index is 498. The van der Waals surface area contributed by atoms with Crippen LogP contribution in [0, 0.1) is 10.1 Å². The minimum Gasteiger partial charge on any atom is -0.508 e. The summed E-state index contributed by atoms with van der Waals surface area (Å²) >= 11 is 0. The lowest BCUT2D eigenvalue weighted by molar-refractivity contribution is -0.384. The molecule has 1 aromatic rings. The molecule has 0 unspecified atom stereocenters. The van der Waals surface area contributed by atoms with Gasteiger partial charge in [0.2, 0.25) is 9.05 Å². The fraction of sp³-hybridized carbons (Fsp3) is 0.143. The number of non-ortho nitro benzene ring substituents is 1. The average Bonchev–Trinajstić information content (AvgIpc) is 2.06. The molecule has 1 N–H and O–H groups in total. The number of nitro groups is 1. The Morgan fingerprint density at radius 3 is 2.53 bits per heavy atom. The minimum atomic E-state index is -3.85. The molecule has 0 fully saturated rings. The lowest BCUT2D eigenvalue weighted by Gasteiger charge is -2.01. The summed E-state index contributed by atoms with van der Waals surface area (Å²) in [6.45, 7) is 0. The van der Waals surface area contributed by atoms with Crippen LogP contribution in [0.2, 0.25) is 0 Å². The van der Waals surface area contributed by atoms with Crippen molar-refractivity contribution in [1.29, 1.82) is 0 Å². The Hall–Kier alpha value is -1.34. The summed E-state index contributed by atoms with van der Waals surface area (Å²) in [6.07, 6.45) is 0. The van der Waals surface area contributed by atoms with Gasteiger partial charge in [0.1, 0.15) is 5.75 Å². The highest BCUT2D eigenvalue weighted by Gasteiger charge is 2.15. The topological polar surface area (TPSA) is 97.5 Å². The van der Waals surface area contributed by atoms with Gasteiger partial charge in [-0.1, -0.05) is 0 Å². The van der Waals surface area contributed by atoms with Crippen molar-refractivity contribution in [1.82, 2.24) is 0 Å². The van der Waals surface area contributed by atoms with Crippen molar-refractivity contribution in [2.45, 2.75) is 5.75 Å². The van der Waals surface area contributed by atoms with Gasteiger partial charge in [-0.15, -0.1) is 0 Å². The summed E-state index contributed by atoms with van der Waals surface area (Å²) < 4.78 is 21.4. The molecule has 0 aliphatic carbocycles. The van der Waals surface area contributed by atoms with Gasteiger partial charge in [0.15, 0.2) is 0 Å². The molecular formula is C7H6ClNO5S. The molecule has 0 heterocycles. The van der Waals surface area contributed by atoms with Crippen LogP contribution in [0.5, 0.6) is 5.75 Å². The maximum absolute atomic E-state index is 10.7. The number of aromatic hydroxyl groups is 1. The predicted octanol–water partition coefficient (Wildman–Crippen LogP) is 1.37. The highest BCUT2D eigenvalue weighted by atomic mass is 35.7. The minimum absolute atomic E-state index is 0.0980. The normalized spacial score (nSPS) is 11.3. The number of halogens is 1. The summed E-state index contributed by atoms with van der Waals surface area (Å²) in [6, 6.07) is 3.09. The van der Waals surface area contributed by atoms with E-state index in [1.165, 1.54) is 0 Å². The number of phenols is 1.